The van der Waals surface area contributed by atoms with Crippen LogP contribution < -0.4 is 26.2 Å². The van der Waals surface area contributed by atoms with Crippen molar-refractivity contribution in [2.24, 2.45) is 5.73 Å². The van der Waals surface area contributed by atoms with Crippen LogP contribution in [0.5, 0.6) is 11.5 Å². The molecule has 420 valence electrons. The summed E-state index contributed by atoms with van der Waals surface area (Å²) in [6.07, 6.45) is 1.44. The van der Waals surface area contributed by atoms with Crippen molar-refractivity contribution >= 4 is 114 Å². The highest BCUT2D eigenvalue weighted by Crippen LogP contribution is 2.44. The number of phenolic OH excluding ortho intramolecular Hbond substituents is 2. The fourth-order valence-corrected chi connectivity index (χ4v) is 10.5. The Morgan fingerprint density at radius 2 is 1.02 bits per heavy atom. The number of anilines is 4. The molecule has 6 N–H and O–H groups in total. The quantitative estimate of drug-likeness (QED) is 0.0474. The minimum absolute atomic E-state index is 0.0211. The molecule has 10 rings (SSSR count). The maximum Gasteiger partial charge on any atom is 0.314 e. The van der Waals surface area contributed by atoms with Crippen molar-refractivity contribution < 1.29 is 47.6 Å². The number of primary amides is 1. The van der Waals surface area contributed by atoms with Crippen LogP contribution in [0.4, 0.5) is 37.1 Å². The summed E-state index contributed by atoms with van der Waals surface area (Å²) in [6, 6.07) is 23.5. The summed E-state index contributed by atoms with van der Waals surface area (Å²) in [5.41, 5.74) is 6.55. The van der Waals surface area contributed by atoms with Gasteiger partial charge < -0.3 is 55.7 Å². The number of hydrogen-bond acceptors (Lipinski definition) is 16. The number of nitrogens with one attached hydrogen (secondary N) is 2. The maximum atomic E-state index is 16.5. The molecule has 2 aliphatic heterocycles. The first-order valence-corrected chi connectivity index (χ1v) is 26.9. The number of nitrogens with zero attached hydrogens (tertiary/aromatic N) is 8. The average Bonchev–Trinajstić information content (AvgIpc) is 3.36. The number of rotatable bonds is 15. The van der Waals surface area contributed by atoms with Gasteiger partial charge in [0.05, 0.1) is 36.1 Å². The highest BCUT2D eigenvalue weighted by molar-refractivity contribution is 6.35. The van der Waals surface area contributed by atoms with E-state index in [0.717, 1.165) is 16.2 Å². The molecular weight excluding hydrogens is 1090 g/mol. The van der Waals surface area contributed by atoms with E-state index in [1.807, 2.05) is 58.3 Å². The molecule has 0 aliphatic carbocycles. The molecule has 0 bridgehead atoms. The van der Waals surface area contributed by atoms with Crippen LogP contribution in [0.2, 0.25) is 10.0 Å². The predicted molar refractivity (Wildman–Crippen MR) is 310 cm³/mol. The van der Waals surface area contributed by atoms with Crippen LogP contribution in [-0.4, -0.2) is 142 Å². The van der Waals surface area contributed by atoms with Crippen LogP contribution in [0.15, 0.2) is 97.6 Å². The molecule has 2 saturated heterocycles. The van der Waals surface area contributed by atoms with Gasteiger partial charge in [-0.05, 0) is 89.0 Å². The molecular formula is C58H57Cl2F2N11O8. The molecule has 6 aromatic carbocycles. The standard InChI is InChI=1S/C30H29ClFN5O4.C28H28ClFN6O4/c1-3-24(39)36-11-13-37(14-12-36)29-22-17-23(31)26(21-16-19(38)15-18-7-5-6-8-20(18)21)27(32)28(22)34-30(35-29)33-10-9-25(40)41-4-2;1-2-40-22(38)7-8-32-28-33-25-20(26(34-28)35-9-11-36(12-10-35)27(31)39)15-21(29)23(24(25)30)19-14-17(37)13-16-5-3-4-6-18(16)19/h3,5-8,15-17,38H,1,4,9-14H2,2H3,(H,33,34,35);3-6,13-15,37H,2,7-12H2,1H3,(H2,31,39)(H,32,33,34). The third kappa shape index (κ3) is 12.5. The number of carbonyl (C=O) groups excluding carboxylic acids is 4. The number of amides is 3. The molecule has 0 radical (unpaired) electrons. The Balaban J connectivity index is 0.000000196. The summed E-state index contributed by atoms with van der Waals surface area (Å²) < 4.78 is 43.0. The van der Waals surface area contributed by atoms with Crippen LogP contribution >= 0.6 is 23.2 Å². The molecule has 0 spiro atoms. The number of phenols is 2. The fraction of sp³-hybridized carbons (Fsp3) is 0.276. The van der Waals surface area contributed by atoms with Crippen molar-refractivity contribution in [3.8, 4) is 33.8 Å². The number of halogens is 4. The number of fused-ring (bicyclic) bond motifs is 4. The molecule has 2 aliphatic rings. The lowest BCUT2D eigenvalue weighted by molar-refractivity contribution is -0.143. The van der Waals surface area contributed by atoms with Gasteiger partial charge in [0.25, 0.3) is 0 Å². The van der Waals surface area contributed by atoms with Crippen LogP contribution in [-0.2, 0) is 23.9 Å². The molecule has 0 unspecified atom stereocenters. The zero-order valence-electron chi connectivity index (χ0n) is 44.3. The summed E-state index contributed by atoms with van der Waals surface area (Å²) in [4.78, 5) is 72.7. The Bertz CT molecular complexity index is 3750. The van der Waals surface area contributed by atoms with Gasteiger partial charge in [0.2, 0.25) is 17.8 Å². The number of piperazine rings is 2. The second-order valence-electron chi connectivity index (χ2n) is 18.9. The van der Waals surface area contributed by atoms with Crippen molar-refractivity contribution in [2.45, 2.75) is 26.7 Å². The maximum absolute atomic E-state index is 16.5. The molecule has 8 aromatic rings. The Kier molecular flexibility index (Phi) is 17.6. The fourth-order valence-electron chi connectivity index (χ4n) is 9.92. The smallest absolute Gasteiger partial charge is 0.314 e. The summed E-state index contributed by atoms with van der Waals surface area (Å²) in [5.74, 6) is -1.16. The van der Waals surface area contributed by atoms with Gasteiger partial charge in [-0.3, -0.25) is 14.4 Å². The first-order chi connectivity index (χ1) is 39.1. The van der Waals surface area contributed by atoms with Crippen LogP contribution in [0, 0.1) is 11.6 Å². The van der Waals surface area contributed by atoms with Crippen molar-refractivity contribution in [3.63, 3.8) is 0 Å². The number of benzene rings is 6. The van der Waals surface area contributed by atoms with E-state index >= 15 is 8.78 Å². The van der Waals surface area contributed by atoms with Crippen molar-refractivity contribution in [1.29, 1.82) is 0 Å². The number of carbonyl (C=O) groups is 4. The lowest BCUT2D eigenvalue weighted by Crippen LogP contribution is -2.50. The van der Waals surface area contributed by atoms with Crippen LogP contribution in [0.1, 0.15) is 26.7 Å². The van der Waals surface area contributed by atoms with E-state index < -0.39 is 17.7 Å². The molecule has 19 nitrogen and oxygen atoms in total. The number of nitrogens with two attached hydrogens (primary N) is 1. The van der Waals surface area contributed by atoms with E-state index in [1.54, 1.807) is 43.0 Å². The van der Waals surface area contributed by atoms with E-state index in [2.05, 4.69) is 37.1 Å². The van der Waals surface area contributed by atoms with Crippen LogP contribution in [0.25, 0.3) is 65.6 Å². The number of ether oxygens (including phenoxy) is 2. The van der Waals surface area contributed by atoms with E-state index in [4.69, 9.17) is 38.4 Å². The molecule has 0 atom stereocenters. The predicted octanol–water partition coefficient (Wildman–Crippen LogP) is 9.66. The largest absolute Gasteiger partial charge is 0.508 e. The summed E-state index contributed by atoms with van der Waals surface area (Å²) in [6.45, 7) is 11.3. The van der Waals surface area contributed by atoms with E-state index in [9.17, 15) is 29.4 Å². The summed E-state index contributed by atoms with van der Waals surface area (Å²) >= 11 is 13.5. The van der Waals surface area contributed by atoms with Gasteiger partial charge in [-0.25, -0.2) is 23.5 Å². The molecule has 23 heteroatoms. The summed E-state index contributed by atoms with van der Waals surface area (Å²) in [5, 5.41) is 30.7. The number of hydrogen-bond donors (Lipinski definition) is 5. The second-order valence-corrected chi connectivity index (χ2v) is 19.7. The first kappa shape index (κ1) is 56.9. The van der Waals surface area contributed by atoms with E-state index in [-0.39, 0.29) is 113 Å². The molecule has 2 aromatic heterocycles. The Labute approximate surface area is 473 Å². The van der Waals surface area contributed by atoms with Gasteiger partial charge in [-0.1, -0.05) is 78.3 Å². The summed E-state index contributed by atoms with van der Waals surface area (Å²) in [7, 11) is 0. The number of aromatic nitrogens is 4. The SMILES string of the molecule is C=CC(=O)N1CCN(c2nc(NCCC(=O)OCC)nc3c(F)c(-c4cc(O)cc5ccccc45)c(Cl)cc23)CC1.CCOC(=O)CCNc1nc(N2CCN(C(N)=O)CC2)c2cc(Cl)c(-c3cc(O)cc4ccccc34)c(F)c2n1. The van der Waals surface area contributed by atoms with Gasteiger partial charge in [0.1, 0.15) is 34.2 Å². The van der Waals surface area contributed by atoms with Gasteiger partial charge in [0, 0.05) is 87.3 Å². The topological polar surface area (TPSA) is 242 Å². The zero-order chi connectivity index (χ0) is 57.5. The second kappa shape index (κ2) is 25.1. The number of urea groups is 1. The van der Waals surface area contributed by atoms with Gasteiger partial charge in [-0.15, -0.1) is 0 Å². The van der Waals surface area contributed by atoms with Gasteiger partial charge in [0.15, 0.2) is 11.6 Å². The highest BCUT2D eigenvalue weighted by Gasteiger charge is 2.29. The van der Waals surface area contributed by atoms with Crippen molar-refractivity contribution in [1.82, 2.24) is 29.7 Å². The van der Waals surface area contributed by atoms with Crippen molar-refractivity contribution in [3.05, 3.63) is 119 Å². The number of aromatic hydroxyl groups is 2. The van der Waals surface area contributed by atoms with E-state index in [1.165, 1.54) is 23.1 Å². The normalized spacial score (nSPS) is 13.5. The van der Waals surface area contributed by atoms with Crippen molar-refractivity contribution in [2.75, 3.05) is 99.1 Å². The third-order valence-corrected chi connectivity index (χ3v) is 14.3. The van der Waals surface area contributed by atoms with Gasteiger partial charge in [-0.2, -0.15) is 9.97 Å². The lowest BCUT2D eigenvalue weighted by atomic mass is 9.96. The number of esters is 2. The molecule has 81 heavy (non-hydrogen) atoms. The monoisotopic (exact) mass is 1140 g/mol. The lowest BCUT2D eigenvalue weighted by Gasteiger charge is -2.35. The molecule has 3 amide bonds. The Hall–Kier alpha value is -8.82. The van der Waals surface area contributed by atoms with Crippen LogP contribution in [0.3, 0.4) is 0 Å². The minimum Gasteiger partial charge on any atom is -0.508 e. The first-order valence-electron chi connectivity index (χ1n) is 26.2. The minimum atomic E-state index is -0.675. The zero-order valence-corrected chi connectivity index (χ0v) is 45.8. The average molecular weight is 1150 g/mol. The molecule has 4 heterocycles. The Morgan fingerprint density at radius 1 is 0.617 bits per heavy atom. The van der Waals surface area contributed by atoms with Gasteiger partial charge >= 0.3 is 18.0 Å². The highest BCUT2D eigenvalue weighted by atomic mass is 35.5. The van der Waals surface area contributed by atoms with E-state index in [0.29, 0.717) is 91.3 Å². The Morgan fingerprint density at radius 3 is 1.42 bits per heavy atom. The molecule has 2 fully saturated rings. The molecule has 0 saturated carbocycles. The third-order valence-electron chi connectivity index (χ3n) is 13.7.